The third-order valence-corrected chi connectivity index (χ3v) is 7.15. The Kier molecular flexibility index (Phi) is 5.88. The van der Waals surface area contributed by atoms with Crippen LogP contribution in [0.15, 0.2) is 55.4 Å². The maximum Gasteiger partial charge on any atom is 0.217 e. The normalized spacial score (nSPS) is 14.3. The average molecular weight is 540 g/mol. The minimum Gasteiger partial charge on any atom is -0.618 e. The summed E-state index contributed by atoms with van der Waals surface area (Å²) < 4.78 is 20.8. The molecule has 1 unspecified atom stereocenters. The standard InChI is InChI=1S/C24H20Cl2FN9O/c1-33-24(18(26)10-29-33)16-9-30-34(11-16)21(8-14-2-3-14)19-6-4-15(12-36(19)37)22-20(35-13-28-31-32-35)7-5-17(25)23(22)27/h4-7,9-14,21H,2-3,8H2,1H3. The molecule has 0 amide bonds. The Labute approximate surface area is 220 Å². The van der Waals surface area contributed by atoms with Gasteiger partial charge in [0.2, 0.25) is 5.69 Å². The SMILES string of the molecule is Cn1ncc(Cl)c1-c1cnn(C(CC2CC2)c2ccc(-c3c(-n4cnnn4)ccc(Cl)c3F)c[n+]2[O-])c1. The van der Waals surface area contributed by atoms with Crippen LogP contribution in [0.3, 0.4) is 0 Å². The van der Waals surface area contributed by atoms with Crippen molar-refractivity contribution in [2.45, 2.75) is 25.3 Å². The minimum atomic E-state index is -0.665. The van der Waals surface area contributed by atoms with Crippen LogP contribution in [0.2, 0.25) is 10.0 Å². The average Bonchev–Trinajstić information content (AvgIpc) is 3.23. The van der Waals surface area contributed by atoms with Crippen molar-refractivity contribution in [3.63, 3.8) is 0 Å². The molecule has 1 atom stereocenters. The van der Waals surface area contributed by atoms with Crippen molar-refractivity contribution < 1.29 is 9.12 Å². The van der Waals surface area contributed by atoms with Gasteiger partial charge >= 0.3 is 0 Å². The molecule has 0 radical (unpaired) electrons. The number of pyridine rings is 1. The molecule has 1 aliphatic carbocycles. The predicted molar refractivity (Wildman–Crippen MR) is 133 cm³/mol. The molecular formula is C24H20Cl2FN9O. The second-order valence-electron chi connectivity index (χ2n) is 9.05. The lowest BCUT2D eigenvalue weighted by Crippen LogP contribution is -2.35. The molecule has 0 aliphatic heterocycles. The van der Waals surface area contributed by atoms with Crippen molar-refractivity contribution >= 4 is 23.2 Å². The first-order valence-corrected chi connectivity index (χ1v) is 12.3. The minimum absolute atomic E-state index is 0.0714. The molecule has 0 N–H and O–H groups in total. The summed E-state index contributed by atoms with van der Waals surface area (Å²) in [6, 6.07) is 6.12. The molecule has 0 spiro atoms. The maximum atomic E-state index is 15.2. The molecule has 5 aromatic rings. The molecule has 0 saturated heterocycles. The predicted octanol–water partition coefficient (Wildman–Crippen LogP) is 4.40. The van der Waals surface area contributed by atoms with Crippen LogP contribution < -0.4 is 4.73 Å². The summed E-state index contributed by atoms with van der Waals surface area (Å²) in [5, 5.41) is 33.7. The first kappa shape index (κ1) is 23.6. The van der Waals surface area contributed by atoms with Gasteiger partial charge in [0.05, 0.1) is 44.9 Å². The zero-order valence-corrected chi connectivity index (χ0v) is 21.1. The van der Waals surface area contributed by atoms with Gasteiger partial charge in [-0.05, 0) is 41.0 Å². The zero-order valence-electron chi connectivity index (χ0n) is 19.5. The second kappa shape index (κ2) is 9.24. The van der Waals surface area contributed by atoms with Gasteiger partial charge in [-0.1, -0.05) is 36.0 Å². The fraction of sp³-hybridized carbons (Fsp3) is 0.250. The molecule has 1 aliphatic rings. The highest BCUT2D eigenvalue weighted by molar-refractivity contribution is 6.33. The summed E-state index contributed by atoms with van der Waals surface area (Å²) >= 11 is 12.4. The largest absolute Gasteiger partial charge is 0.618 e. The lowest BCUT2D eigenvalue weighted by atomic mass is 10.0. The molecule has 6 rings (SSSR count). The van der Waals surface area contributed by atoms with Crippen LogP contribution >= 0.6 is 23.2 Å². The van der Waals surface area contributed by atoms with Gasteiger partial charge in [0.1, 0.15) is 12.4 Å². The summed E-state index contributed by atoms with van der Waals surface area (Å²) in [7, 11) is 1.81. The lowest BCUT2D eigenvalue weighted by Gasteiger charge is -2.18. The van der Waals surface area contributed by atoms with Crippen molar-refractivity contribution in [1.82, 2.24) is 39.8 Å². The fourth-order valence-corrected chi connectivity index (χ4v) is 5.01. The molecule has 1 saturated carbocycles. The van der Waals surface area contributed by atoms with Crippen LogP contribution in [-0.2, 0) is 7.05 Å². The molecule has 13 heteroatoms. The van der Waals surface area contributed by atoms with Crippen LogP contribution in [-0.4, -0.2) is 39.8 Å². The van der Waals surface area contributed by atoms with Crippen molar-refractivity contribution in [3.8, 4) is 28.1 Å². The number of hydrogen-bond donors (Lipinski definition) is 0. The molecule has 4 heterocycles. The van der Waals surface area contributed by atoms with E-state index in [1.165, 1.54) is 23.3 Å². The second-order valence-corrected chi connectivity index (χ2v) is 9.86. The molecule has 10 nitrogen and oxygen atoms in total. The van der Waals surface area contributed by atoms with Gasteiger partial charge in [0, 0.05) is 24.9 Å². The van der Waals surface area contributed by atoms with E-state index in [0.29, 0.717) is 27.9 Å². The smallest absolute Gasteiger partial charge is 0.217 e. The van der Waals surface area contributed by atoms with Crippen LogP contribution in [0.1, 0.15) is 31.0 Å². The van der Waals surface area contributed by atoms with E-state index in [0.717, 1.165) is 35.3 Å². The van der Waals surface area contributed by atoms with Crippen molar-refractivity contribution in [3.05, 3.63) is 82.1 Å². The molecule has 188 valence electrons. The highest BCUT2D eigenvalue weighted by atomic mass is 35.5. The van der Waals surface area contributed by atoms with Crippen LogP contribution in [0.4, 0.5) is 4.39 Å². The molecular weight excluding hydrogens is 520 g/mol. The Bertz CT molecular complexity index is 1570. The Morgan fingerprint density at radius 1 is 1.11 bits per heavy atom. The number of aromatic nitrogens is 9. The number of rotatable bonds is 7. The molecule has 37 heavy (non-hydrogen) atoms. The van der Waals surface area contributed by atoms with Crippen molar-refractivity contribution in [2.24, 2.45) is 13.0 Å². The molecule has 1 fully saturated rings. The number of hydrogen-bond acceptors (Lipinski definition) is 6. The molecule has 1 aromatic carbocycles. The summed E-state index contributed by atoms with van der Waals surface area (Å²) in [6.07, 6.45) is 10.8. The van der Waals surface area contributed by atoms with Crippen LogP contribution in [0.5, 0.6) is 0 Å². The Balaban J connectivity index is 1.41. The molecule has 4 aromatic heterocycles. The number of nitrogens with zero attached hydrogens (tertiary/aromatic N) is 9. The van der Waals surface area contributed by atoms with E-state index in [2.05, 4.69) is 25.7 Å². The highest BCUT2D eigenvalue weighted by Gasteiger charge is 2.32. The lowest BCUT2D eigenvalue weighted by molar-refractivity contribution is -0.615. The third kappa shape index (κ3) is 4.34. The van der Waals surface area contributed by atoms with Crippen LogP contribution in [0, 0.1) is 16.9 Å². The van der Waals surface area contributed by atoms with E-state index < -0.39 is 5.82 Å². The van der Waals surface area contributed by atoms with Gasteiger partial charge in [-0.25, -0.2) is 4.39 Å². The Hall–Kier alpha value is -3.83. The van der Waals surface area contributed by atoms with Gasteiger partial charge < -0.3 is 5.21 Å². The summed E-state index contributed by atoms with van der Waals surface area (Å²) in [4.78, 5) is 0. The monoisotopic (exact) mass is 539 g/mol. The van der Waals surface area contributed by atoms with Gasteiger partial charge in [-0.2, -0.15) is 19.6 Å². The fourth-order valence-electron chi connectivity index (χ4n) is 4.58. The van der Waals surface area contributed by atoms with Gasteiger partial charge in [-0.15, -0.1) is 5.10 Å². The molecule has 0 bridgehead atoms. The number of benzene rings is 1. The van der Waals surface area contributed by atoms with E-state index in [4.69, 9.17) is 23.2 Å². The summed E-state index contributed by atoms with van der Waals surface area (Å²) in [5.74, 6) is -0.156. The van der Waals surface area contributed by atoms with E-state index in [1.54, 1.807) is 40.0 Å². The van der Waals surface area contributed by atoms with E-state index in [9.17, 15) is 5.21 Å². The first-order valence-electron chi connectivity index (χ1n) is 11.6. The van der Waals surface area contributed by atoms with E-state index >= 15 is 4.39 Å². The van der Waals surface area contributed by atoms with E-state index in [-0.39, 0.29) is 16.6 Å². The van der Waals surface area contributed by atoms with Gasteiger partial charge in [-0.3, -0.25) is 9.36 Å². The summed E-state index contributed by atoms with van der Waals surface area (Å²) in [6.45, 7) is 0. The van der Waals surface area contributed by atoms with Crippen LogP contribution in [0.25, 0.3) is 28.1 Å². The maximum absolute atomic E-state index is 15.2. The number of aryl methyl sites for hydroxylation is 1. The third-order valence-electron chi connectivity index (χ3n) is 6.59. The quantitative estimate of drug-likeness (QED) is 0.224. The highest BCUT2D eigenvalue weighted by Crippen LogP contribution is 2.40. The topological polar surface area (TPSA) is 106 Å². The number of tetrazole rings is 1. The van der Waals surface area contributed by atoms with Crippen molar-refractivity contribution in [1.29, 1.82) is 0 Å². The van der Waals surface area contributed by atoms with E-state index in [1.807, 2.05) is 13.2 Å². The van der Waals surface area contributed by atoms with Crippen molar-refractivity contribution in [2.75, 3.05) is 0 Å². The van der Waals surface area contributed by atoms with Gasteiger partial charge in [0.25, 0.3) is 0 Å². The Morgan fingerprint density at radius 2 is 1.95 bits per heavy atom. The Morgan fingerprint density at radius 3 is 2.62 bits per heavy atom. The summed E-state index contributed by atoms with van der Waals surface area (Å²) in [5.41, 5.74) is 2.87. The first-order chi connectivity index (χ1) is 17.9. The van der Waals surface area contributed by atoms with Gasteiger partial charge in [0.15, 0.2) is 12.0 Å². The number of halogens is 3. The zero-order chi connectivity index (χ0) is 25.7.